The molecule has 2 unspecified atom stereocenters. The first kappa shape index (κ1) is 47.8. The molecule has 0 aliphatic rings. The van der Waals surface area contributed by atoms with E-state index in [-0.39, 0.29) is 43.3 Å². The van der Waals surface area contributed by atoms with Gasteiger partial charge >= 0.3 is 23.9 Å². The van der Waals surface area contributed by atoms with Crippen LogP contribution in [0.1, 0.15) is 201 Å². The van der Waals surface area contributed by atoms with Crippen LogP contribution in [0.3, 0.4) is 0 Å². The molecule has 0 aromatic carbocycles. The van der Waals surface area contributed by atoms with E-state index in [1.807, 2.05) is 0 Å². The number of esters is 4. The predicted molar refractivity (Wildman–Crippen MR) is 202 cm³/mol. The maximum atomic E-state index is 12.8. The highest BCUT2D eigenvalue weighted by Crippen LogP contribution is 2.21. The van der Waals surface area contributed by atoms with Crippen molar-refractivity contribution in [2.45, 2.75) is 207 Å². The van der Waals surface area contributed by atoms with Gasteiger partial charge in [0.1, 0.15) is 6.04 Å². The quantitative estimate of drug-likeness (QED) is 0.0380. The predicted octanol–water partition coefficient (Wildman–Crippen LogP) is 10.1. The Morgan fingerprint density at radius 3 is 1.26 bits per heavy atom. The van der Waals surface area contributed by atoms with Crippen LogP contribution in [-0.2, 0) is 38.1 Å². The van der Waals surface area contributed by atoms with Crippen LogP contribution in [0.25, 0.3) is 0 Å². The van der Waals surface area contributed by atoms with Crippen molar-refractivity contribution in [3.05, 3.63) is 0 Å². The molecule has 0 aromatic heterocycles. The fourth-order valence-electron chi connectivity index (χ4n) is 5.83. The summed E-state index contributed by atoms with van der Waals surface area (Å²) in [5.74, 6) is -0.986. The van der Waals surface area contributed by atoms with Crippen molar-refractivity contribution in [3.63, 3.8) is 0 Å². The second-order valence-electron chi connectivity index (χ2n) is 14.0. The van der Waals surface area contributed by atoms with E-state index in [1.165, 1.54) is 70.6 Å². The normalized spacial score (nSPS) is 12.3. The Labute approximate surface area is 306 Å². The van der Waals surface area contributed by atoms with Gasteiger partial charge in [0.15, 0.2) is 0 Å². The first-order valence-corrected chi connectivity index (χ1v) is 20.8. The lowest BCUT2D eigenvalue weighted by atomic mass is 9.94. The van der Waals surface area contributed by atoms with Crippen LogP contribution in [0.4, 0.5) is 0 Å². The standard InChI is InChI=1S/C41H77NO8/c1-4-7-10-13-15-21-28-36(27-20-12-9-6-3)40(45)49-34-25-18-19-26-35-50-41(46)37(42)30-31-39(44)48-33-24-17-16-23-32-47-38(43)29-22-14-11-8-5-2/h36-37H,4-35,42H2,1-3H3. The van der Waals surface area contributed by atoms with E-state index >= 15 is 0 Å². The summed E-state index contributed by atoms with van der Waals surface area (Å²) in [4.78, 5) is 48.7. The Balaban J connectivity index is 3.84. The van der Waals surface area contributed by atoms with Crippen molar-refractivity contribution in [2.24, 2.45) is 11.7 Å². The van der Waals surface area contributed by atoms with E-state index in [0.29, 0.717) is 32.7 Å². The molecule has 0 rings (SSSR count). The highest BCUT2D eigenvalue weighted by molar-refractivity contribution is 5.77. The summed E-state index contributed by atoms with van der Waals surface area (Å²) in [5.41, 5.74) is 5.93. The number of rotatable bonds is 37. The van der Waals surface area contributed by atoms with Crippen LogP contribution in [0, 0.1) is 5.92 Å². The Morgan fingerprint density at radius 2 is 0.760 bits per heavy atom. The Kier molecular flexibility index (Phi) is 35.0. The van der Waals surface area contributed by atoms with Crippen molar-refractivity contribution in [3.8, 4) is 0 Å². The molecule has 2 N–H and O–H groups in total. The second kappa shape index (κ2) is 36.6. The minimum Gasteiger partial charge on any atom is -0.466 e. The van der Waals surface area contributed by atoms with E-state index in [0.717, 1.165) is 83.5 Å². The first-order valence-electron chi connectivity index (χ1n) is 20.8. The van der Waals surface area contributed by atoms with E-state index in [4.69, 9.17) is 24.7 Å². The van der Waals surface area contributed by atoms with Gasteiger partial charge in [0.25, 0.3) is 0 Å². The van der Waals surface area contributed by atoms with Gasteiger partial charge in [0.2, 0.25) is 0 Å². The Morgan fingerprint density at radius 1 is 0.400 bits per heavy atom. The second-order valence-corrected chi connectivity index (χ2v) is 14.0. The lowest BCUT2D eigenvalue weighted by Gasteiger charge is -2.16. The highest BCUT2D eigenvalue weighted by Gasteiger charge is 2.20. The third kappa shape index (κ3) is 31.8. The van der Waals surface area contributed by atoms with Gasteiger partial charge in [-0.15, -0.1) is 0 Å². The molecule has 294 valence electrons. The summed E-state index contributed by atoms with van der Waals surface area (Å²) in [7, 11) is 0. The van der Waals surface area contributed by atoms with Gasteiger partial charge in [-0.1, -0.05) is 111 Å². The van der Waals surface area contributed by atoms with Gasteiger partial charge in [-0.05, 0) is 77.0 Å². The molecular weight excluding hydrogens is 634 g/mol. The van der Waals surface area contributed by atoms with Crippen LogP contribution < -0.4 is 5.73 Å². The van der Waals surface area contributed by atoms with Gasteiger partial charge < -0.3 is 24.7 Å². The molecule has 0 heterocycles. The molecule has 0 aromatic rings. The van der Waals surface area contributed by atoms with Gasteiger partial charge in [0, 0.05) is 12.8 Å². The van der Waals surface area contributed by atoms with Crippen molar-refractivity contribution < 1.29 is 38.1 Å². The van der Waals surface area contributed by atoms with Crippen molar-refractivity contribution in [1.29, 1.82) is 0 Å². The fraction of sp³-hybridized carbons (Fsp3) is 0.902. The van der Waals surface area contributed by atoms with Crippen LogP contribution in [0.2, 0.25) is 0 Å². The van der Waals surface area contributed by atoms with Crippen LogP contribution in [-0.4, -0.2) is 56.3 Å². The van der Waals surface area contributed by atoms with Crippen LogP contribution in [0.5, 0.6) is 0 Å². The number of carbonyl (C=O) groups is 4. The lowest BCUT2D eigenvalue weighted by Crippen LogP contribution is -2.33. The third-order valence-electron chi connectivity index (χ3n) is 9.18. The zero-order chi connectivity index (χ0) is 36.9. The van der Waals surface area contributed by atoms with E-state index in [9.17, 15) is 19.2 Å². The van der Waals surface area contributed by atoms with Gasteiger partial charge in [0.05, 0.1) is 32.3 Å². The number of ether oxygens (including phenoxy) is 4. The summed E-state index contributed by atoms with van der Waals surface area (Å²) in [6, 6.07) is -0.854. The summed E-state index contributed by atoms with van der Waals surface area (Å²) in [6.45, 7) is 8.10. The summed E-state index contributed by atoms with van der Waals surface area (Å²) in [6.07, 6.45) is 26.9. The number of unbranched alkanes of at least 4 members (excludes halogenated alkanes) is 18. The number of nitrogens with two attached hydrogens (primary N) is 1. The largest absolute Gasteiger partial charge is 0.466 e. The molecule has 0 aliphatic carbocycles. The number of hydrogen-bond acceptors (Lipinski definition) is 9. The molecule has 0 saturated heterocycles. The summed E-state index contributed by atoms with van der Waals surface area (Å²) < 4.78 is 21.5. The van der Waals surface area contributed by atoms with Crippen molar-refractivity contribution >= 4 is 23.9 Å². The van der Waals surface area contributed by atoms with Crippen LogP contribution in [0.15, 0.2) is 0 Å². The zero-order valence-corrected chi connectivity index (χ0v) is 32.6. The monoisotopic (exact) mass is 712 g/mol. The molecule has 9 heteroatoms. The summed E-state index contributed by atoms with van der Waals surface area (Å²) in [5, 5.41) is 0. The van der Waals surface area contributed by atoms with Crippen molar-refractivity contribution in [1.82, 2.24) is 0 Å². The van der Waals surface area contributed by atoms with Crippen molar-refractivity contribution in [2.75, 3.05) is 26.4 Å². The average Bonchev–Trinajstić information content (AvgIpc) is 3.11. The maximum absolute atomic E-state index is 12.8. The molecular formula is C41H77NO8. The highest BCUT2D eigenvalue weighted by atomic mass is 16.5. The number of carbonyl (C=O) groups excluding carboxylic acids is 4. The molecule has 2 atom stereocenters. The Bertz CT molecular complexity index is 820. The first-order chi connectivity index (χ1) is 24.3. The summed E-state index contributed by atoms with van der Waals surface area (Å²) >= 11 is 0. The average molecular weight is 712 g/mol. The van der Waals surface area contributed by atoms with Gasteiger partial charge in [-0.3, -0.25) is 19.2 Å². The molecule has 0 amide bonds. The molecule has 0 radical (unpaired) electrons. The van der Waals surface area contributed by atoms with E-state index < -0.39 is 12.0 Å². The zero-order valence-electron chi connectivity index (χ0n) is 32.6. The fourth-order valence-corrected chi connectivity index (χ4v) is 5.83. The molecule has 0 bridgehead atoms. The lowest BCUT2D eigenvalue weighted by molar-refractivity contribution is -0.150. The minimum absolute atomic E-state index is 0.0263. The maximum Gasteiger partial charge on any atom is 0.322 e. The van der Waals surface area contributed by atoms with Gasteiger partial charge in [-0.2, -0.15) is 0 Å². The number of hydrogen-bond donors (Lipinski definition) is 1. The molecule has 50 heavy (non-hydrogen) atoms. The molecule has 0 saturated carbocycles. The minimum atomic E-state index is -0.854. The topological polar surface area (TPSA) is 131 Å². The smallest absolute Gasteiger partial charge is 0.322 e. The van der Waals surface area contributed by atoms with E-state index in [2.05, 4.69) is 20.8 Å². The van der Waals surface area contributed by atoms with Crippen LogP contribution >= 0.6 is 0 Å². The third-order valence-corrected chi connectivity index (χ3v) is 9.18. The van der Waals surface area contributed by atoms with Gasteiger partial charge in [-0.25, -0.2) is 0 Å². The SMILES string of the molecule is CCCCCCCCC(CCCCCC)C(=O)OCCCCCCOC(=O)C(N)CCC(=O)OCCCCCCOC(=O)CCCCCCC. The van der Waals surface area contributed by atoms with E-state index in [1.54, 1.807) is 0 Å². The Hall–Kier alpha value is -2.16. The molecule has 0 aliphatic heterocycles. The molecule has 9 nitrogen and oxygen atoms in total. The molecule has 0 fully saturated rings. The molecule has 0 spiro atoms.